The highest BCUT2D eigenvalue weighted by Crippen LogP contribution is 2.30. The second kappa shape index (κ2) is 5.27. The lowest BCUT2D eigenvalue weighted by atomic mass is 9.77. The molecule has 1 fully saturated rings. The summed E-state index contributed by atoms with van der Waals surface area (Å²) in [5.74, 6) is -0.160. The maximum Gasteiger partial charge on any atom is 0.411 e. The van der Waals surface area contributed by atoms with Crippen molar-refractivity contribution in [2.45, 2.75) is 24.8 Å². The predicted octanol–water partition coefficient (Wildman–Crippen LogP) is 1.68. The molecule has 6 nitrogen and oxygen atoms in total. The van der Waals surface area contributed by atoms with Crippen molar-refractivity contribution < 1.29 is 14.3 Å². The van der Waals surface area contributed by atoms with Crippen LogP contribution in [0.15, 0.2) is 24.3 Å². The van der Waals surface area contributed by atoms with E-state index in [-0.39, 0.29) is 5.91 Å². The van der Waals surface area contributed by atoms with Crippen molar-refractivity contribution in [3.8, 4) is 0 Å². The normalized spacial score (nSPS) is 16.1. The van der Waals surface area contributed by atoms with Crippen LogP contribution >= 0.6 is 0 Å². The highest BCUT2D eigenvalue weighted by Gasteiger charge is 2.40. The van der Waals surface area contributed by atoms with Gasteiger partial charge in [-0.15, -0.1) is 0 Å². The van der Waals surface area contributed by atoms with E-state index in [9.17, 15) is 9.59 Å². The molecule has 1 aliphatic carbocycles. The lowest BCUT2D eigenvalue weighted by molar-refractivity contribution is -0.123. The Kier molecular flexibility index (Phi) is 3.71. The summed E-state index contributed by atoms with van der Waals surface area (Å²) in [6.45, 7) is 0. The standard InChI is InChI=1S/C13H17N3O3/c1-19-12(18)16-10-5-3-9(4-6-10)15-11(17)13(14)7-2-8-13/h3-6H,2,7-8,14H2,1H3,(H,15,17)(H,16,18). The Bertz CT molecular complexity index is 480. The minimum Gasteiger partial charge on any atom is -0.453 e. The molecule has 102 valence electrons. The monoisotopic (exact) mass is 263 g/mol. The van der Waals surface area contributed by atoms with Gasteiger partial charge in [0.05, 0.1) is 12.6 Å². The molecule has 2 amide bonds. The van der Waals surface area contributed by atoms with Crippen LogP contribution < -0.4 is 16.4 Å². The van der Waals surface area contributed by atoms with E-state index in [0.29, 0.717) is 11.4 Å². The maximum absolute atomic E-state index is 11.9. The van der Waals surface area contributed by atoms with Gasteiger partial charge in [0.15, 0.2) is 0 Å². The van der Waals surface area contributed by atoms with Gasteiger partial charge < -0.3 is 15.8 Å². The first-order valence-corrected chi connectivity index (χ1v) is 6.09. The van der Waals surface area contributed by atoms with Crippen molar-refractivity contribution in [1.29, 1.82) is 0 Å². The van der Waals surface area contributed by atoms with E-state index in [2.05, 4.69) is 15.4 Å². The van der Waals surface area contributed by atoms with Crippen molar-refractivity contribution in [3.05, 3.63) is 24.3 Å². The number of nitrogens with one attached hydrogen (secondary N) is 2. The van der Waals surface area contributed by atoms with Crippen molar-refractivity contribution in [2.75, 3.05) is 17.7 Å². The topological polar surface area (TPSA) is 93.5 Å². The summed E-state index contributed by atoms with van der Waals surface area (Å²) >= 11 is 0. The number of nitrogens with two attached hydrogens (primary N) is 1. The van der Waals surface area contributed by atoms with Crippen LogP contribution in [0.4, 0.5) is 16.2 Å². The number of carbonyl (C=O) groups excluding carboxylic acids is 2. The minimum atomic E-state index is -0.719. The highest BCUT2D eigenvalue weighted by molar-refractivity contribution is 5.98. The summed E-state index contributed by atoms with van der Waals surface area (Å²) < 4.78 is 4.48. The van der Waals surface area contributed by atoms with Crippen molar-refractivity contribution in [2.24, 2.45) is 5.73 Å². The van der Waals surface area contributed by atoms with E-state index in [0.717, 1.165) is 19.3 Å². The largest absolute Gasteiger partial charge is 0.453 e. The van der Waals surface area contributed by atoms with Gasteiger partial charge in [0.1, 0.15) is 0 Å². The summed E-state index contributed by atoms with van der Waals surface area (Å²) in [5, 5.41) is 5.30. The Morgan fingerprint density at radius 1 is 1.16 bits per heavy atom. The third-order valence-corrected chi connectivity index (χ3v) is 3.27. The van der Waals surface area contributed by atoms with Crippen LogP contribution in [0.3, 0.4) is 0 Å². The fraction of sp³-hybridized carbons (Fsp3) is 0.385. The number of ether oxygens (including phenoxy) is 1. The summed E-state index contributed by atoms with van der Waals surface area (Å²) in [6, 6.07) is 6.75. The molecule has 0 aliphatic heterocycles. The molecule has 0 aromatic heterocycles. The van der Waals surface area contributed by atoms with Gasteiger partial charge in [0, 0.05) is 11.4 Å². The molecule has 1 saturated carbocycles. The Balaban J connectivity index is 1.95. The summed E-state index contributed by atoms with van der Waals surface area (Å²) in [5.41, 5.74) is 6.45. The lowest BCUT2D eigenvalue weighted by Gasteiger charge is -2.36. The molecule has 0 unspecified atom stereocenters. The Morgan fingerprint density at radius 2 is 1.68 bits per heavy atom. The molecule has 2 rings (SSSR count). The number of anilines is 2. The van der Waals surface area contributed by atoms with E-state index >= 15 is 0 Å². The Hall–Kier alpha value is -2.08. The number of methoxy groups -OCH3 is 1. The minimum absolute atomic E-state index is 0.160. The van der Waals surface area contributed by atoms with Gasteiger partial charge >= 0.3 is 6.09 Å². The number of amides is 2. The van der Waals surface area contributed by atoms with Crippen LogP contribution in [0.5, 0.6) is 0 Å². The summed E-state index contributed by atoms with van der Waals surface area (Å²) in [6.07, 6.45) is 1.90. The van der Waals surface area contributed by atoms with Gasteiger partial charge in [-0.25, -0.2) is 4.79 Å². The molecule has 0 radical (unpaired) electrons. The number of hydrogen-bond donors (Lipinski definition) is 3. The first-order valence-electron chi connectivity index (χ1n) is 6.09. The zero-order valence-electron chi connectivity index (χ0n) is 10.7. The van der Waals surface area contributed by atoms with E-state index < -0.39 is 11.6 Å². The van der Waals surface area contributed by atoms with Crippen LogP contribution in [0.25, 0.3) is 0 Å². The molecule has 0 bridgehead atoms. The van der Waals surface area contributed by atoms with Gasteiger partial charge in [-0.3, -0.25) is 10.1 Å². The van der Waals surface area contributed by atoms with Gasteiger partial charge in [0.25, 0.3) is 0 Å². The predicted molar refractivity (Wildman–Crippen MR) is 71.9 cm³/mol. The summed E-state index contributed by atoms with van der Waals surface area (Å²) in [4.78, 5) is 22.9. The average Bonchev–Trinajstić information content (AvgIpc) is 2.38. The smallest absolute Gasteiger partial charge is 0.411 e. The number of rotatable bonds is 3. The second-order valence-electron chi connectivity index (χ2n) is 4.66. The third kappa shape index (κ3) is 3.03. The van der Waals surface area contributed by atoms with Crippen molar-refractivity contribution >= 4 is 23.4 Å². The van der Waals surface area contributed by atoms with E-state index in [1.165, 1.54) is 7.11 Å². The molecule has 1 aliphatic rings. The first-order chi connectivity index (χ1) is 9.03. The quantitative estimate of drug-likeness (QED) is 0.773. The zero-order chi connectivity index (χ0) is 13.9. The van der Waals surface area contributed by atoms with E-state index in [1.807, 2.05) is 0 Å². The highest BCUT2D eigenvalue weighted by atomic mass is 16.5. The molecular formula is C13H17N3O3. The fourth-order valence-electron chi connectivity index (χ4n) is 1.85. The van der Waals surface area contributed by atoms with Crippen LogP contribution in [-0.2, 0) is 9.53 Å². The van der Waals surface area contributed by atoms with Crippen LogP contribution in [-0.4, -0.2) is 24.6 Å². The Labute approximate surface area is 111 Å². The number of benzene rings is 1. The van der Waals surface area contributed by atoms with Crippen molar-refractivity contribution in [1.82, 2.24) is 0 Å². The first kappa shape index (κ1) is 13.4. The molecule has 19 heavy (non-hydrogen) atoms. The molecule has 0 saturated heterocycles. The zero-order valence-corrected chi connectivity index (χ0v) is 10.7. The van der Waals surface area contributed by atoms with Gasteiger partial charge in [-0.1, -0.05) is 0 Å². The number of carbonyl (C=O) groups is 2. The van der Waals surface area contributed by atoms with Crippen LogP contribution in [0.1, 0.15) is 19.3 Å². The molecular weight excluding hydrogens is 246 g/mol. The average molecular weight is 263 g/mol. The van der Waals surface area contributed by atoms with Gasteiger partial charge in [-0.2, -0.15) is 0 Å². The molecule has 1 aromatic carbocycles. The van der Waals surface area contributed by atoms with Gasteiger partial charge in [-0.05, 0) is 43.5 Å². The van der Waals surface area contributed by atoms with Crippen LogP contribution in [0.2, 0.25) is 0 Å². The lowest BCUT2D eigenvalue weighted by Crippen LogP contribution is -2.56. The molecule has 0 heterocycles. The molecule has 6 heteroatoms. The fourth-order valence-corrected chi connectivity index (χ4v) is 1.85. The van der Waals surface area contributed by atoms with Gasteiger partial charge in [0.2, 0.25) is 5.91 Å². The van der Waals surface area contributed by atoms with Crippen LogP contribution in [0, 0.1) is 0 Å². The van der Waals surface area contributed by atoms with E-state index in [1.54, 1.807) is 24.3 Å². The molecule has 0 atom stereocenters. The maximum atomic E-state index is 11.9. The third-order valence-electron chi connectivity index (χ3n) is 3.27. The van der Waals surface area contributed by atoms with E-state index in [4.69, 9.17) is 5.73 Å². The molecule has 0 spiro atoms. The number of hydrogen-bond acceptors (Lipinski definition) is 4. The second-order valence-corrected chi connectivity index (χ2v) is 4.66. The van der Waals surface area contributed by atoms with Crippen molar-refractivity contribution in [3.63, 3.8) is 0 Å². The summed E-state index contributed by atoms with van der Waals surface area (Å²) in [7, 11) is 1.29. The Morgan fingerprint density at radius 3 is 2.11 bits per heavy atom. The SMILES string of the molecule is COC(=O)Nc1ccc(NC(=O)C2(N)CCC2)cc1. The molecule has 1 aromatic rings. The molecule has 4 N–H and O–H groups in total.